The normalized spacial score (nSPS) is 24.7. The van der Waals surface area contributed by atoms with E-state index in [1.807, 2.05) is 26.0 Å². The van der Waals surface area contributed by atoms with Crippen LogP contribution in [0.4, 0.5) is 10.5 Å². The number of aryl methyl sites for hydroxylation is 1. The number of unbranched alkanes of at least 4 members (excludes halogenated alkanes) is 2. The number of halogens is 1. The zero-order valence-electron chi connectivity index (χ0n) is 52.7. The molecule has 0 spiro atoms. The Balaban J connectivity index is 1.20. The average Bonchev–Trinajstić information content (AvgIpc) is 1.60. The number of fused-ring (bicyclic) bond motifs is 5. The van der Waals surface area contributed by atoms with Crippen molar-refractivity contribution in [3.8, 4) is 0 Å². The lowest BCUT2D eigenvalue weighted by Crippen LogP contribution is -2.53. The quantitative estimate of drug-likeness (QED) is 0.0375. The van der Waals surface area contributed by atoms with Crippen molar-refractivity contribution in [3.63, 3.8) is 0 Å². The number of carbonyl (C=O) groups excluding carboxylic acids is 11. The molecule has 2 fully saturated rings. The molecule has 10 atom stereocenters. The van der Waals surface area contributed by atoms with Crippen LogP contribution in [0.5, 0.6) is 0 Å². The van der Waals surface area contributed by atoms with E-state index >= 15 is 0 Å². The van der Waals surface area contributed by atoms with Gasteiger partial charge in [0.25, 0.3) is 23.6 Å². The Morgan fingerprint density at radius 2 is 1.67 bits per heavy atom. The summed E-state index contributed by atoms with van der Waals surface area (Å²) in [4.78, 5) is 151. The van der Waals surface area contributed by atoms with Crippen LogP contribution in [0.3, 0.4) is 0 Å². The van der Waals surface area contributed by atoms with Gasteiger partial charge in [-0.3, -0.25) is 48.1 Å². The molecule has 6 N–H and O–H groups in total. The first kappa shape index (κ1) is 70.5. The number of nitrogens with two attached hydrogens (primary N) is 1. The number of esters is 2. The highest BCUT2D eigenvalue weighted by molar-refractivity contribution is 6.34. The molecule has 0 aliphatic carbocycles. The number of methoxy groups -OCH3 is 1. The number of carbonyl (C=O) groups is 11. The number of epoxide rings is 1. The minimum Gasteiger partial charge on any atom is -0.462 e. The zero-order valence-corrected chi connectivity index (χ0v) is 53.5. The number of rotatable bonds is 24. The van der Waals surface area contributed by atoms with Gasteiger partial charge in [-0.15, -0.1) is 0 Å². The standard InChI is InChI=1S/C65H86ClN7O16/c1-36(2)45(32-44(74)18-13-12-14-26-73-53(76)23-24-54(73)77)60(81)70-47(19-16-25-69-63(67)84)49(75)31-42-21-22-43(30-46(42)59(80)68-8)61(82)71(9)40(6)62(83)88-52-33-55(78)72(10)48-29-41(28-38(4)57(48)66)27-37(3)17-15-20-51(86-11)65(85)34-50(87-56(79)35-65)39(5)58-64(52,7)89-58/h15,17,20-24,28-30,36,39-40,45,47,50-52,58,85H,12-14,16,18-19,25-27,31-35H2,1-11H3,(H,68,80)(H,70,81)(H3,67,69,84)/b20-15+,37-17+/t39-,40+,45+,47+,50+,51-,52+,58+,64+,65-/m1/s1. The van der Waals surface area contributed by atoms with E-state index in [2.05, 4.69) is 16.0 Å². The van der Waals surface area contributed by atoms with Crippen LogP contribution in [-0.2, 0) is 70.1 Å². The molecule has 4 bridgehead atoms. The maximum Gasteiger partial charge on any atom is 0.328 e. The fraction of sp³-hybridized carbons (Fsp3) is 0.554. The predicted octanol–water partition coefficient (Wildman–Crippen LogP) is 5.50. The summed E-state index contributed by atoms with van der Waals surface area (Å²) < 4.78 is 24.2. The highest BCUT2D eigenvalue weighted by atomic mass is 35.5. The molecule has 0 radical (unpaired) electrons. The molecule has 0 saturated carbocycles. The van der Waals surface area contributed by atoms with E-state index in [1.165, 1.54) is 63.4 Å². The first-order valence-electron chi connectivity index (χ1n) is 30.2. The Morgan fingerprint density at radius 1 is 0.978 bits per heavy atom. The molecular formula is C65H86ClN7O16. The number of Topliss-reactive ketones (excluding diaryl/α,β-unsaturated/α-hetero) is 2. The van der Waals surface area contributed by atoms with Gasteiger partial charge in [0.1, 0.15) is 41.3 Å². The van der Waals surface area contributed by atoms with Crippen molar-refractivity contribution in [3.05, 3.63) is 99.1 Å². The van der Waals surface area contributed by atoms with Crippen molar-refractivity contribution in [1.82, 2.24) is 25.8 Å². The second-order valence-electron chi connectivity index (χ2n) is 24.4. The number of benzene rings is 2. The van der Waals surface area contributed by atoms with Crippen LogP contribution in [0.1, 0.15) is 143 Å². The van der Waals surface area contributed by atoms with E-state index in [9.17, 15) is 57.8 Å². The number of imide groups is 1. The molecule has 4 aliphatic heterocycles. The van der Waals surface area contributed by atoms with Crippen LogP contribution in [0.15, 0.2) is 66.3 Å². The molecule has 0 aromatic heterocycles. The second-order valence-corrected chi connectivity index (χ2v) is 24.8. The number of ketones is 2. The zero-order chi connectivity index (χ0) is 65.8. The highest BCUT2D eigenvalue weighted by Gasteiger charge is 2.64. The molecular weight excluding hydrogens is 1170 g/mol. The SMILES string of the molecule is CNC(=O)c1cc(C(=O)N(C)[C@@H](C)C(=O)O[C@H]2CC(=O)N(C)c3cc(cc(C)c3Cl)C/C(C)=C/C=C/[C@@H](OC)[C@]3(O)CC(=O)O[C@@H](C3)[C@@H](C)[C@@H]3O[C@@]23C)ccc1CC(=O)[C@H](CCCNC(N)=O)NC(=O)[C@@H](CC(=O)CCCCCN1C(=O)C=CC1=O)C(C)C. The Labute approximate surface area is 524 Å². The number of allylic oxidation sites excluding steroid dienone is 3. The maximum absolute atomic E-state index is 14.5. The number of nitrogens with zero attached hydrogens (tertiary/aromatic N) is 3. The number of anilines is 1. The molecule has 4 aliphatic rings. The molecule has 4 heterocycles. The van der Waals surface area contributed by atoms with Crippen LogP contribution in [-0.4, -0.2) is 169 Å². The van der Waals surface area contributed by atoms with E-state index < -0.39 is 120 Å². The van der Waals surface area contributed by atoms with Crippen molar-refractivity contribution in [2.45, 2.75) is 173 Å². The van der Waals surface area contributed by atoms with Crippen LogP contribution in [0, 0.1) is 24.7 Å². The Kier molecular flexibility index (Phi) is 24.3. The largest absolute Gasteiger partial charge is 0.462 e. The van der Waals surface area contributed by atoms with Gasteiger partial charge in [-0.1, -0.05) is 74.7 Å². The Hall–Kier alpha value is -7.60. The van der Waals surface area contributed by atoms with Gasteiger partial charge in [0.2, 0.25) is 11.8 Å². The second kappa shape index (κ2) is 30.7. The minimum absolute atomic E-state index is 0.0281. The van der Waals surface area contributed by atoms with E-state index in [4.69, 9.17) is 36.3 Å². The monoisotopic (exact) mass is 1260 g/mol. The lowest BCUT2D eigenvalue weighted by Gasteiger charge is -2.41. The molecule has 2 aromatic carbocycles. The summed E-state index contributed by atoms with van der Waals surface area (Å²) in [5, 5.41) is 20.2. The molecule has 8 amide bonds. The van der Waals surface area contributed by atoms with E-state index in [1.54, 1.807) is 53.0 Å². The van der Waals surface area contributed by atoms with Gasteiger partial charge in [0.15, 0.2) is 5.78 Å². The Bertz CT molecular complexity index is 3140. The summed E-state index contributed by atoms with van der Waals surface area (Å²) in [6, 6.07) is 4.54. The third kappa shape index (κ3) is 17.8. The number of hydrogen-bond donors (Lipinski definition) is 5. The Morgan fingerprint density at radius 3 is 2.33 bits per heavy atom. The van der Waals surface area contributed by atoms with Gasteiger partial charge in [-0.25, -0.2) is 9.59 Å². The molecule has 6 rings (SSSR count). The number of likely N-dealkylation sites (N-methyl/N-ethyl adjacent to an activating group) is 1. The summed E-state index contributed by atoms with van der Waals surface area (Å²) in [5.41, 5.74) is 5.22. The van der Waals surface area contributed by atoms with Gasteiger partial charge in [-0.05, 0) is 101 Å². The summed E-state index contributed by atoms with van der Waals surface area (Å²) in [5.74, 6) is -7.24. The molecule has 0 unspecified atom stereocenters. The number of amides is 8. The number of urea groups is 1. The van der Waals surface area contributed by atoms with Gasteiger partial charge < -0.3 is 55.5 Å². The minimum atomic E-state index is -1.67. The van der Waals surface area contributed by atoms with Crippen molar-refractivity contribution in [2.24, 2.45) is 23.5 Å². The van der Waals surface area contributed by atoms with Crippen LogP contribution >= 0.6 is 11.6 Å². The van der Waals surface area contributed by atoms with Gasteiger partial charge in [0, 0.05) is 102 Å². The van der Waals surface area contributed by atoms with Crippen molar-refractivity contribution >= 4 is 82.3 Å². The smallest absolute Gasteiger partial charge is 0.328 e. The number of nitrogens with one attached hydrogen (secondary N) is 3. The summed E-state index contributed by atoms with van der Waals surface area (Å²) >= 11 is 6.88. The van der Waals surface area contributed by atoms with E-state index in [0.717, 1.165) is 20.9 Å². The molecule has 23 nitrogen and oxygen atoms in total. The lowest BCUT2D eigenvalue weighted by atomic mass is 9.78. The molecule has 2 saturated heterocycles. The fourth-order valence-corrected chi connectivity index (χ4v) is 11.9. The summed E-state index contributed by atoms with van der Waals surface area (Å²) in [6.45, 7) is 12.5. The van der Waals surface area contributed by atoms with Crippen LogP contribution < -0.4 is 26.6 Å². The lowest BCUT2D eigenvalue weighted by molar-refractivity contribution is -0.187. The first-order valence-corrected chi connectivity index (χ1v) is 30.6. The van der Waals surface area contributed by atoms with Gasteiger partial charge in [-0.2, -0.15) is 0 Å². The van der Waals surface area contributed by atoms with Crippen LogP contribution in [0.2, 0.25) is 5.02 Å². The number of hydrogen-bond acceptors (Lipinski definition) is 16. The topological polar surface area (TPSA) is 320 Å². The third-order valence-electron chi connectivity index (χ3n) is 17.4. The fourth-order valence-electron chi connectivity index (χ4n) is 11.7. The molecule has 24 heteroatoms. The van der Waals surface area contributed by atoms with Crippen molar-refractivity contribution in [2.75, 3.05) is 46.2 Å². The highest BCUT2D eigenvalue weighted by Crippen LogP contribution is 2.50. The van der Waals surface area contributed by atoms with E-state index in [-0.39, 0.29) is 91.8 Å². The summed E-state index contributed by atoms with van der Waals surface area (Å²) in [6.07, 6.45) is 4.97. The summed E-state index contributed by atoms with van der Waals surface area (Å²) in [7, 11) is 5.72. The molecule has 2 aromatic rings. The van der Waals surface area contributed by atoms with Gasteiger partial charge >= 0.3 is 18.0 Å². The van der Waals surface area contributed by atoms with Crippen LogP contribution in [0.25, 0.3) is 0 Å². The number of aliphatic hydroxyl groups is 1. The maximum atomic E-state index is 14.5. The molecule has 89 heavy (non-hydrogen) atoms. The third-order valence-corrected chi connectivity index (χ3v) is 17.9. The number of ether oxygens (including phenoxy) is 4. The van der Waals surface area contributed by atoms with Gasteiger partial charge in [0.05, 0.1) is 35.7 Å². The van der Waals surface area contributed by atoms with Crippen molar-refractivity contribution in [1.29, 1.82) is 0 Å². The number of primary amides is 1. The molecule has 484 valence electrons. The average molecular weight is 1260 g/mol. The van der Waals surface area contributed by atoms with E-state index in [0.29, 0.717) is 42.0 Å². The predicted molar refractivity (Wildman–Crippen MR) is 329 cm³/mol. The van der Waals surface area contributed by atoms with Crippen molar-refractivity contribution < 1.29 is 76.8 Å². The first-order chi connectivity index (χ1) is 41.9.